The molecular weight excluding hydrogens is 399 g/mol. The van der Waals surface area contributed by atoms with Crippen molar-refractivity contribution < 1.29 is 27.5 Å². The van der Waals surface area contributed by atoms with Crippen molar-refractivity contribution >= 4 is 17.7 Å². The maximum Gasteiger partial charge on any atom is 0.416 e. The second-order valence-electron chi connectivity index (χ2n) is 6.82. The lowest BCUT2D eigenvalue weighted by Crippen LogP contribution is -2.49. The van der Waals surface area contributed by atoms with Crippen molar-refractivity contribution in [2.45, 2.75) is 6.18 Å². The molecule has 0 aliphatic carbocycles. The molecule has 1 aliphatic heterocycles. The summed E-state index contributed by atoms with van der Waals surface area (Å²) in [6, 6.07) is 12.6. The highest BCUT2D eigenvalue weighted by Crippen LogP contribution is 2.31. The van der Waals surface area contributed by atoms with Crippen molar-refractivity contribution in [3.8, 4) is 11.1 Å². The molecule has 0 aromatic heterocycles. The minimum absolute atomic E-state index is 0.305. The van der Waals surface area contributed by atoms with Gasteiger partial charge in [0.05, 0.1) is 5.56 Å². The molecule has 0 saturated carbocycles. The largest absolute Gasteiger partial charge is 0.439 e. The van der Waals surface area contributed by atoms with Crippen molar-refractivity contribution in [3.63, 3.8) is 0 Å². The first-order chi connectivity index (χ1) is 14.3. The lowest BCUT2D eigenvalue weighted by Gasteiger charge is -2.35. The number of carbonyl (C=O) groups excluding carboxylic acids is 2. The number of halogens is 3. The fourth-order valence-electron chi connectivity index (χ4n) is 3.15. The van der Waals surface area contributed by atoms with Crippen LogP contribution in [0.15, 0.2) is 48.5 Å². The molecule has 2 amide bonds. The summed E-state index contributed by atoms with van der Waals surface area (Å²) in [7, 11) is 1.47. The first-order valence-corrected chi connectivity index (χ1v) is 9.43. The van der Waals surface area contributed by atoms with E-state index in [1.165, 1.54) is 19.2 Å². The van der Waals surface area contributed by atoms with E-state index in [0.29, 0.717) is 31.7 Å². The lowest BCUT2D eigenvalue weighted by molar-refractivity contribution is -0.137. The molecule has 1 fully saturated rings. The molecule has 1 N–H and O–H groups in total. The molecule has 160 valence electrons. The summed E-state index contributed by atoms with van der Waals surface area (Å²) in [5.74, 6) is -0.366. The quantitative estimate of drug-likeness (QED) is 0.822. The van der Waals surface area contributed by atoms with Crippen LogP contribution in [0.5, 0.6) is 0 Å². The Bertz CT molecular complexity index is 875. The zero-order valence-corrected chi connectivity index (χ0v) is 16.4. The van der Waals surface area contributed by atoms with Gasteiger partial charge in [-0.1, -0.05) is 24.3 Å². The second kappa shape index (κ2) is 9.06. The minimum atomic E-state index is -4.35. The van der Waals surface area contributed by atoms with Crippen LogP contribution in [0.3, 0.4) is 0 Å². The van der Waals surface area contributed by atoms with Crippen LogP contribution < -0.4 is 10.2 Å². The molecule has 0 spiro atoms. The summed E-state index contributed by atoms with van der Waals surface area (Å²) in [6.45, 7) is 1.84. The number of hydrogen-bond donors (Lipinski definition) is 1. The molecule has 6 nitrogen and oxygen atoms in total. The number of alkyl halides is 3. The maximum absolute atomic E-state index is 12.7. The fourth-order valence-corrected chi connectivity index (χ4v) is 3.15. The smallest absolute Gasteiger partial charge is 0.416 e. The summed E-state index contributed by atoms with van der Waals surface area (Å²) in [5.41, 5.74) is 1.82. The van der Waals surface area contributed by atoms with Gasteiger partial charge in [0.1, 0.15) is 0 Å². The molecule has 0 radical (unpaired) electrons. The number of amides is 2. The monoisotopic (exact) mass is 421 g/mol. The highest BCUT2D eigenvalue weighted by atomic mass is 19.4. The van der Waals surface area contributed by atoms with E-state index in [2.05, 4.69) is 10.2 Å². The van der Waals surface area contributed by atoms with Crippen molar-refractivity contribution in [2.24, 2.45) is 0 Å². The van der Waals surface area contributed by atoms with Crippen molar-refractivity contribution in [1.29, 1.82) is 0 Å². The number of anilines is 1. The summed E-state index contributed by atoms with van der Waals surface area (Å²) < 4.78 is 43.0. The van der Waals surface area contributed by atoms with Gasteiger partial charge in [0.25, 0.3) is 5.91 Å². The van der Waals surface area contributed by atoms with Gasteiger partial charge in [0, 0.05) is 38.9 Å². The molecule has 1 saturated heterocycles. The van der Waals surface area contributed by atoms with Crippen LogP contribution >= 0.6 is 0 Å². The molecule has 1 heterocycles. The van der Waals surface area contributed by atoms with Crippen LogP contribution in [0.1, 0.15) is 5.56 Å². The zero-order valence-electron chi connectivity index (χ0n) is 16.4. The molecule has 2 aromatic carbocycles. The van der Waals surface area contributed by atoms with Gasteiger partial charge < -0.3 is 19.9 Å². The Hall–Kier alpha value is -3.23. The van der Waals surface area contributed by atoms with Gasteiger partial charge in [-0.3, -0.25) is 4.79 Å². The Labute approximate surface area is 172 Å². The van der Waals surface area contributed by atoms with E-state index in [9.17, 15) is 22.8 Å². The average molecular weight is 421 g/mol. The molecule has 9 heteroatoms. The molecule has 0 atom stereocenters. The van der Waals surface area contributed by atoms with Gasteiger partial charge in [-0.25, -0.2) is 4.79 Å². The fraction of sp³-hybridized carbons (Fsp3) is 0.333. The second-order valence-corrected chi connectivity index (χ2v) is 6.82. The third kappa shape index (κ3) is 5.22. The Morgan fingerprint density at radius 2 is 1.47 bits per heavy atom. The number of rotatable bonds is 4. The third-order valence-corrected chi connectivity index (χ3v) is 4.92. The number of nitrogens with one attached hydrogen (secondary N) is 1. The minimum Gasteiger partial charge on any atom is -0.439 e. The van der Waals surface area contributed by atoms with Crippen LogP contribution in [0.25, 0.3) is 11.1 Å². The van der Waals surface area contributed by atoms with Gasteiger partial charge in [-0.05, 0) is 35.4 Å². The number of hydrogen-bond acceptors (Lipinski definition) is 4. The number of ether oxygens (including phenoxy) is 1. The van der Waals surface area contributed by atoms with E-state index >= 15 is 0 Å². The van der Waals surface area contributed by atoms with Crippen LogP contribution in [-0.2, 0) is 15.7 Å². The number of carbonyl (C=O) groups is 2. The molecule has 30 heavy (non-hydrogen) atoms. The number of nitrogens with zero attached hydrogens (tertiary/aromatic N) is 2. The average Bonchev–Trinajstić information content (AvgIpc) is 2.77. The Kier molecular flexibility index (Phi) is 6.49. The highest BCUT2D eigenvalue weighted by Gasteiger charge is 2.30. The van der Waals surface area contributed by atoms with E-state index in [1.54, 1.807) is 4.90 Å². The van der Waals surface area contributed by atoms with Crippen LogP contribution in [0.2, 0.25) is 0 Å². The molecule has 0 unspecified atom stereocenters. The number of benzene rings is 2. The standard InChI is InChI=1S/C21H22F3N3O3/c1-25-19(28)14-30-20(29)27-12-10-26(11-13-27)18-8-4-16(5-9-18)15-2-6-17(7-3-15)21(22,23)24/h2-9H,10-14H2,1H3,(H,25,28). The molecule has 2 aromatic rings. The van der Waals surface area contributed by atoms with Gasteiger partial charge >= 0.3 is 12.3 Å². The van der Waals surface area contributed by atoms with E-state index in [4.69, 9.17) is 4.74 Å². The van der Waals surface area contributed by atoms with Gasteiger partial charge in [-0.2, -0.15) is 13.2 Å². The SMILES string of the molecule is CNC(=O)COC(=O)N1CCN(c2ccc(-c3ccc(C(F)(F)F)cc3)cc2)CC1. The maximum atomic E-state index is 12.7. The van der Waals surface area contributed by atoms with Crippen molar-refractivity contribution in [1.82, 2.24) is 10.2 Å². The third-order valence-electron chi connectivity index (χ3n) is 4.92. The molecule has 1 aliphatic rings. The predicted molar refractivity (Wildman–Crippen MR) is 106 cm³/mol. The van der Waals surface area contributed by atoms with Gasteiger partial charge in [0.2, 0.25) is 0 Å². The van der Waals surface area contributed by atoms with Crippen LogP contribution in [0.4, 0.5) is 23.7 Å². The lowest BCUT2D eigenvalue weighted by atomic mass is 10.0. The summed E-state index contributed by atoms with van der Waals surface area (Å²) >= 11 is 0. The van der Waals surface area contributed by atoms with E-state index in [0.717, 1.165) is 23.4 Å². The van der Waals surface area contributed by atoms with Crippen LogP contribution in [-0.4, -0.2) is 56.7 Å². The predicted octanol–water partition coefficient (Wildman–Crippen LogP) is 3.38. The topological polar surface area (TPSA) is 61.9 Å². The summed E-state index contributed by atoms with van der Waals surface area (Å²) in [6.07, 6.45) is -4.87. The zero-order chi connectivity index (χ0) is 21.7. The molecule has 3 rings (SSSR count). The Morgan fingerprint density at radius 1 is 0.933 bits per heavy atom. The Morgan fingerprint density at radius 3 is 1.97 bits per heavy atom. The Balaban J connectivity index is 1.56. The van der Waals surface area contributed by atoms with Gasteiger partial charge in [-0.15, -0.1) is 0 Å². The van der Waals surface area contributed by atoms with E-state index in [1.807, 2.05) is 24.3 Å². The van der Waals surface area contributed by atoms with E-state index in [-0.39, 0.29) is 12.5 Å². The first kappa shape index (κ1) is 21.5. The van der Waals surface area contributed by atoms with Crippen LogP contribution in [0, 0.1) is 0 Å². The summed E-state index contributed by atoms with van der Waals surface area (Å²) in [5, 5.41) is 2.38. The highest BCUT2D eigenvalue weighted by molar-refractivity contribution is 5.79. The molecule has 0 bridgehead atoms. The molecular formula is C21H22F3N3O3. The number of piperazine rings is 1. The van der Waals surface area contributed by atoms with E-state index < -0.39 is 17.8 Å². The first-order valence-electron chi connectivity index (χ1n) is 9.43. The number of likely N-dealkylation sites (N-methyl/N-ethyl adjacent to an activating group) is 1. The summed E-state index contributed by atoms with van der Waals surface area (Å²) in [4.78, 5) is 26.8. The normalized spacial score (nSPS) is 14.4. The van der Waals surface area contributed by atoms with Gasteiger partial charge in [0.15, 0.2) is 6.61 Å². The van der Waals surface area contributed by atoms with Crippen molar-refractivity contribution in [2.75, 3.05) is 44.7 Å². The van der Waals surface area contributed by atoms with Crippen molar-refractivity contribution in [3.05, 3.63) is 54.1 Å².